The number of pyridine rings is 2. The number of carbonyl (C=O) groups excluding carboxylic acids is 1. The van der Waals surface area contributed by atoms with E-state index in [9.17, 15) is 9.18 Å². The number of hydrogen-bond acceptors (Lipinski definition) is 4. The normalized spacial score (nSPS) is 11.1. The topological polar surface area (TPSA) is 72.7 Å². The number of fused-ring (bicyclic) bond motifs is 1. The zero-order valence-electron chi connectivity index (χ0n) is 19.1. The van der Waals surface area contributed by atoms with Gasteiger partial charge < -0.3 is 5.32 Å². The summed E-state index contributed by atoms with van der Waals surface area (Å²) in [7, 11) is 0. The molecule has 0 saturated heterocycles. The summed E-state index contributed by atoms with van der Waals surface area (Å²) in [6.45, 7) is 4.19. The largest absolute Gasteiger partial charge is 0.319 e. The second-order valence-corrected chi connectivity index (χ2v) is 8.62. The summed E-state index contributed by atoms with van der Waals surface area (Å²) in [5.74, 6) is -0.576. The van der Waals surface area contributed by atoms with Gasteiger partial charge in [0.05, 0.1) is 45.4 Å². The van der Waals surface area contributed by atoms with Crippen molar-refractivity contribution in [2.45, 2.75) is 20.4 Å². The first-order chi connectivity index (χ1) is 16.9. The Balaban J connectivity index is 1.52. The highest BCUT2D eigenvalue weighted by atomic mass is 35.5. The number of para-hydroxylation sites is 1. The lowest BCUT2D eigenvalue weighted by Gasteiger charge is -2.12. The van der Waals surface area contributed by atoms with Crippen LogP contribution in [0.15, 0.2) is 73.1 Å². The Morgan fingerprint density at radius 1 is 1.06 bits per heavy atom. The van der Waals surface area contributed by atoms with Gasteiger partial charge in [0.25, 0.3) is 5.91 Å². The van der Waals surface area contributed by atoms with Gasteiger partial charge in [-0.2, -0.15) is 5.10 Å². The minimum Gasteiger partial charge on any atom is -0.319 e. The summed E-state index contributed by atoms with van der Waals surface area (Å²) in [5.41, 5.74) is 5.48. The number of benzene rings is 2. The van der Waals surface area contributed by atoms with Gasteiger partial charge in [-0.15, -0.1) is 0 Å². The number of aryl methyl sites for hydroxylation is 1. The van der Waals surface area contributed by atoms with Crippen LogP contribution in [0.5, 0.6) is 0 Å². The molecule has 0 aliphatic carbocycles. The van der Waals surface area contributed by atoms with Gasteiger partial charge in [0.2, 0.25) is 0 Å². The van der Waals surface area contributed by atoms with Gasteiger partial charge in [0.1, 0.15) is 5.82 Å². The fourth-order valence-corrected chi connectivity index (χ4v) is 4.26. The minimum absolute atomic E-state index is 0.286. The van der Waals surface area contributed by atoms with Crippen LogP contribution in [0.25, 0.3) is 22.2 Å². The minimum atomic E-state index is -0.289. The molecule has 3 aromatic heterocycles. The van der Waals surface area contributed by atoms with Crippen LogP contribution in [0.3, 0.4) is 0 Å². The SMILES string of the molecule is Cc1nn(Cc2ccc(F)cc2)c(C)c1NC(=O)c1cc(-c2ccncc2)nc2c(Cl)cccc12. The average molecular weight is 486 g/mol. The van der Waals surface area contributed by atoms with E-state index in [4.69, 9.17) is 16.6 Å². The number of anilines is 1. The van der Waals surface area contributed by atoms with Crippen molar-refractivity contribution in [3.63, 3.8) is 0 Å². The molecule has 35 heavy (non-hydrogen) atoms. The predicted molar refractivity (Wildman–Crippen MR) is 135 cm³/mol. The molecule has 0 radical (unpaired) electrons. The molecule has 0 aliphatic rings. The van der Waals surface area contributed by atoms with E-state index in [1.165, 1.54) is 12.1 Å². The molecule has 174 valence electrons. The van der Waals surface area contributed by atoms with Crippen LogP contribution in [-0.4, -0.2) is 25.7 Å². The maximum Gasteiger partial charge on any atom is 0.256 e. The standard InChI is InChI=1S/C27H21ClFN5O/c1-16-25(17(2)34(33-16)15-18-6-8-20(29)9-7-18)32-27(35)22-14-24(19-10-12-30-13-11-19)31-26-21(22)4-3-5-23(26)28/h3-14H,15H2,1-2H3,(H,32,35). The van der Waals surface area contributed by atoms with Crippen LogP contribution in [0.2, 0.25) is 5.02 Å². The molecule has 0 unspecified atom stereocenters. The Morgan fingerprint density at radius 2 is 1.80 bits per heavy atom. The number of amides is 1. The highest BCUT2D eigenvalue weighted by Gasteiger charge is 2.19. The van der Waals surface area contributed by atoms with Gasteiger partial charge in [-0.3, -0.25) is 14.5 Å². The van der Waals surface area contributed by atoms with Crippen molar-refractivity contribution >= 4 is 34.1 Å². The fraction of sp³-hybridized carbons (Fsp3) is 0.111. The molecule has 5 rings (SSSR count). The lowest BCUT2D eigenvalue weighted by molar-refractivity contribution is 0.102. The van der Waals surface area contributed by atoms with Crippen LogP contribution in [0.4, 0.5) is 10.1 Å². The summed E-state index contributed by atoms with van der Waals surface area (Å²) in [6, 6.07) is 17.1. The molecule has 0 bridgehead atoms. The van der Waals surface area contributed by atoms with Gasteiger partial charge >= 0.3 is 0 Å². The van der Waals surface area contributed by atoms with Crippen LogP contribution < -0.4 is 5.32 Å². The maximum absolute atomic E-state index is 13.6. The van der Waals surface area contributed by atoms with Gasteiger partial charge in [0.15, 0.2) is 0 Å². The first-order valence-electron chi connectivity index (χ1n) is 11.0. The van der Waals surface area contributed by atoms with Crippen molar-refractivity contribution in [1.82, 2.24) is 19.7 Å². The van der Waals surface area contributed by atoms with E-state index in [1.807, 2.05) is 32.0 Å². The third-order valence-corrected chi connectivity index (χ3v) is 6.18. The van der Waals surface area contributed by atoms with Crippen LogP contribution in [0.1, 0.15) is 27.3 Å². The Morgan fingerprint density at radius 3 is 2.54 bits per heavy atom. The van der Waals surface area contributed by atoms with Crippen molar-refractivity contribution in [3.05, 3.63) is 106 Å². The molecule has 3 heterocycles. The highest BCUT2D eigenvalue weighted by Crippen LogP contribution is 2.30. The summed E-state index contributed by atoms with van der Waals surface area (Å²) in [6.07, 6.45) is 3.35. The molecule has 0 spiro atoms. The summed E-state index contributed by atoms with van der Waals surface area (Å²) in [5, 5.41) is 8.74. The first kappa shape index (κ1) is 22.7. The van der Waals surface area contributed by atoms with Crippen molar-refractivity contribution in [2.24, 2.45) is 0 Å². The van der Waals surface area contributed by atoms with Crippen molar-refractivity contribution in [3.8, 4) is 11.3 Å². The Bertz CT molecular complexity index is 1550. The molecule has 1 N–H and O–H groups in total. The van der Waals surface area contributed by atoms with E-state index >= 15 is 0 Å². The van der Waals surface area contributed by atoms with E-state index in [1.54, 1.807) is 47.4 Å². The van der Waals surface area contributed by atoms with E-state index in [2.05, 4.69) is 15.4 Å². The van der Waals surface area contributed by atoms with E-state index in [0.29, 0.717) is 45.1 Å². The third kappa shape index (κ3) is 4.50. The summed E-state index contributed by atoms with van der Waals surface area (Å²) in [4.78, 5) is 22.3. The molecule has 1 amide bonds. The second kappa shape index (κ2) is 9.27. The van der Waals surface area contributed by atoms with Gasteiger partial charge in [-0.05, 0) is 55.8 Å². The van der Waals surface area contributed by atoms with Crippen LogP contribution >= 0.6 is 11.6 Å². The molecular weight excluding hydrogens is 465 g/mol. The number of nitrogens with one attached hydrogen (secondary N) is 1. The quantitative estimate of drug-likeness (QED) is 0.321. The number of hydrogen-bond donors (Lipinski definition) is 1. The van der Waals surface area contributed by atoms with Crippen molar-refractivity contribution in [2.75, 3.05) is 5.32 Å². The van der Waals surface area contributed by atoms with Gasteiger partial charge in [0, 0.05) is 23.3 Å². The van der Waals surface area contributed by atoms with Crippen LogP contribution in [0, 0.1) is 19.7 Å². The Labute approximate surface area is 206 Å². The number of carbonyl (C=O) groups is 1. The first-order valence-corrected chi connectivity index (χ1v) is 11.4. The molecule has 0 saturated carbocycles. The zero-order chi connectivity index (χ0) is 24.5. The fourth-order valence-electron chi connectivity index (χ4n) is 4.05. The molecule has 0 aliphatic heterocycles. The molecule has 2 aromatic carbocycles. The Hall–Kier alpha value is -4.10. The monoisotopic (exact) mass is 485 g/mol. The number of rotatable bonds is 5. The number of nitrogens with zero attached hydrogens (tertiary/aromatic N) is 4. The predicted octanol–water partition coefficient (Wildman–Crippen LogP) is 6.20. The number of halogens is 2. The van der Waals surface area contributed by atoms with Gasteiger partial charge in [-0.1, -0.05) is 35.9 Å². The molecule has 5 aromatic rings. The zero-order valence-corrected chi connectivity index (χ0v) is 19.8. The maximum atomic E-state index is 13.6. The second-order valence-electron chi connectivity index (χ2n) is 8.21. The molecule has 6 nitrogen and oxygen atoms in total. The summed E-state index contributed by atoms with van der Waals surface area (Å²) < 4.78 is 15.1. The third-order valence-electron chi connectivity index (χ3n) is 5.88. The molecular formula is C27H21ClFN5O. The lowest BCUT2D eigenvalue weighted by atomic mass is 10.0. The molecule has 0 fully saturated rings. The van der Waals surface area contributed by atoms with Crippen molar-refractivity contribution < 1.29 is 9.18 Å². The Kier molecular flexibility index (Phi) is 6.01. The van der Waals surface area contributed by atoms with Gasteiger partial charge in [-0.25, -0.2) is 9.37 Å². The van der Waals surface area contributed by atoms with E-state index < -0.39 is 0 Å². The molecule has 8 heteroatoms. The highest BCUT2D eigenvalue weighted by molar-refractivity contribution is 6.35. The van der Waals surface area contributed by atoms with E-state index in [-0.39, 0.29) is 11.7 Å². The summed E-state index contributed by atoms with van der Waals surface area (Å²) >= 11 is 6.45. The molecule has 0 atom stereocenters. The average Bonchev–Trinajstić information content (AvgIpc) is 3.13. The lowest BCUT2D eigenvalue weighted by Crippen LogP contribution is -2.14. The van der Waals surface area contributed by atoms with Crippen molar-refractivity contribution in [1.29, 1.82) is 0 Å². The van der Waals surface area contributed by atoms with Crippen LogP contribution in [-0.2, 0) is 6.54 Å². The number of aromatic nitrogens is 4. The van der Waals surface area contributed by atoms with E-state index in [0.717, 1.165) is 16.8 Å². The smallest absolute Gasteiger partial charge is 0.256 e.